The molecule has 0 bridgehead atoms. The minimum Gasteiger partial charge on any atom is -0.381 e. The zero-order valence-electron chi connectivity index (χ0n) is 9.33. The van der Waals surface area contributed by atoms with Gasteiger partial charge < -0.3 is 15.2 Å². The summed E-state index contributed by atoms with van der Waals surface area (Å²) < 4.78 is 1.96. The van der Waals surface area contributed by atoms with Crippen LogP contribution < -0.4 is 10.6 Å². The van der Waals surface area contributed by atoms with Crippen LogP contribution in [-0.2, 0) is 13.6 Å². The maximum absolute atomic E-state index is 5.75. The number of imidazole rings is 1. The summed E-state index contributed by atoms with van der Waals surface area (Å²) in [4.78, 5) is 14.4. The van der Waals surface area contributed by atoms with Crippen molar-refractivity contribution in [1.82, 2.24) is 19.5 Å². The van der Waals surface area contributed by atoms with Gasteiger partial charge in [0.2, 0.25) is 0 Å². The lowest BCUT2D eigenvalue weighted by atomic mass is 10.4. The molecule has 0 atom stereocenters. The minimum absolute atomic E-state index is 0.430. The van der Waals surface area contributed by atoms with Gasteiger partial charge in [-0.1, -0.05) is 0 Å². The lowest BCUT2D eigenvalue weighted by Crippen LogP contribution is -2.21. The van der Waals surface area contributed by atoms with Gasteiger partial charge in [0.1, 0.15) is 5.82 Å². The van der Waals surface area contributed by atoms with Gasteiger partial charge in [-0.15, -0.1) is 0 Å². The maximum Gasteiger partial charge on any atom is 0.171 e. The van der Waals surface area contributed by atoms with Crippen LogP contribution in [0.2, 0.25) is 0 Å². The summed E-state index contributed by atoms with van der Waals surface area (Å²) in [6.45, 7) is 0.645. The molecule has 0 aliphatic heterocycles. The molecule has 0 amide bonds. The highest BCUT2D eigenvalue weighted by Crippen LogP contribution is 2.16. The van der Waals surface area contributed by atoms with Gasteiger partial charge in [-0.2, -0.15) is 0 Å². The summed E-state index contributed by atoms with van der Waals surface area (Å²) in [6, 6.07) is 0. The number of nitrogens with zero attached hydrogens (tertiary/aromatic N) is 5. The Labute approximate surface area is 93.8 Å². The summed E-state index contributed by atoms with van der Waals surface area (Å²) in [6.07, 6.45) is 6.88. The zero-order chi connectivity index (χ0) is 11.5. The SMILES string of the molecule is CN(Cc1nccn1C)c1nccnc1N. The van der Waals surface area contributed by atoms with E-state index in [-0.39, 0.29) is 0 Å². The van der Waals surface area contributed by atoms with Gasteiger partial charge in [0, 0.05) is 38.9 Å². The Hall–Kier alpha value is -2.11. The summed E-state index contributed by atoms with van der Waals surface area (Å²) in [5.41, 5.74) is 5.75. The van der Waals surface area contributed by atoms with Crippen LogP contribution >= 0.6 is 0 Å². The molecule has 2 rings (SSSR count). The molecule has 2 aromatic rings. The smallest absolute Gasteiger partial charge is 0.171 e. The Morgan fingerprint density at radius 1 is 1.25 bits per heavy atom. The Kier molecular flexibility index (Phi) is 2.72. The molecule has 0 saturated carbocycles. The van der Waals surface area contributed by atoms with Crippen molar-refractivity contribution in [2.75, 3.05) is 17.7 Å². The average Bonchev–Trinajstić information content (AvgIpc) is 2.65. The highest BCUT2D eigenvalue weighted by atomic mass is 15.2. The van der Waals surface area contributed by atoms with Crippen molar-refractivity contribution in [2.45, 2.75) is 6.54 Å². The van der Waals surface area contributed by atoms with Crippen molar-refractivity contribution in [2.24, 2.45) is 7.05 Å². The number of rotatable bonds is 3. The third-order valence-corrected chi connectivity index (χ3v) is 2.37. The van der Waals surface area contributed by atoms with E-state index in [1.54, 1.807) is 18.6 Å². The molecular weight excluding hydrogens is 204 g/mol. The van der Waals surface area contributed by atoms with Crippen molar-refractivity contribution in [3.8, 4) is 0 Å². The lowest BCUT2D eigenvalue weighted by Gasteiger charge is -2.18. The van der Waals surface area contributed by atoms with E-state index in [9.17, 15) is 0 Å². The van der Waals surface area contributed by atoms with Gasteiger partial charge in [0.15, 0.2) is 11.6 Å². The summed E-state index contributed by atoms with van der Waals surface area (Å²) in [5.74, 6) is 2.05. The van der Waals surface area contributed by atoms with Crippen molar-refractivity contribution in [1.29, 1.82) is 0 Å². The summed E-state index contributed by atoms with van der Waals surface area (Å²) in [5, 5.41) is 0. The predicted octanol–water partition coefficient (Wildman–Crippen LogP) is 0.429. The Morgan fingerprint density at radius 2 is 2.00 bits per heavy atom. The first-order valence-electron chi connectivity index (χ1n) is 4.92. The van der Waals surface area contributed by atoms with Crippen molar-refractivity contribution < 1.29 is 0 Å². The van der Waals surface area contributed by atoms with Crippen LogP contribution in [0.15, 0.2) is 24.8 Å². The third-order valence-electron chi connectivity index (χ3n) is 2.37. The predicted molar refractivity (Wildman–Crippen MR) is 61.8 cm³/mol. The minimum atomic E-state index is 0.430. The summed E-state index contributed by atoms with van der Waals surface area (Å²) >= 11 is 0. The molecule has 0 aliphatic carbocycles. The van der Waals surface area contributed by atoms with E-state index in [0.29, 0.717) is 18.2 Å². The van der Waals surface area contributed by atoms with Crippen molar-refractivity contribution in [3.63, 3.8) is 0 Å². The highest BCUT2D eigenvalue weighted by Gasteiger charge is 2.09. The molecule has 0 radical (unpaired) electrons. The van der Waals surface area contributed by atoms with Crippen LogP contribution in [0.4, 0.5) is 11.6 Å². The van der Waals surface area contributed by atoms with E-state index in [0.717, 1.165) is 5.82 Å². The van der Waals surface area contributed by atoms with Crippen molar-refractivity contribution in [3.05, 3.63) is 30.6 Å². The Bertz CT molecular complexity index is 478. The zero-order valence-corrected chi connectivity index (χ0v) is 9.33. The number of anilines is 2. The molecule has 0 aromatic carbocycles. The van der Waals surface area contributed by atoms with Crippen LogP contribution in [0.3, 0.4) is 0 Å². The van der Waals surface area contributed by atoms with Gasteiger partial charge in [0.05, 0.1) is 6.54 Å². The van der Waals surface area contributed by atoms with E-state index in [1.807, 2.05) is 29.8 Å². The third kappa shape index (κ3) is 1.95. The molecule has 2 N–H and O–H groups in total. The topological polar surface area (TPSA) is 72.9 Å². The first-order valence-corrected chi connectivity index (χ1v) is 4.92. The number of hydrogen-bond donors (Lipinski definition) is 1. The standard InChI is InChI=1S/C10H14N6/c1-15-6-5-12-8(15)7-16(2)10-9(11)13-3-4-14-10/h3-6H,7H2,1-2H3,(H2,11,13). The second kappa shape index (κ2) is 4.18. The molecule has 0 spiro atoms. The van der Waals surface area contributed by atoms with Crippen molar-refractivity contribution >= 4 is 11.6 Å². The molecule has 6 heteroatoms. The van der Waals surface area contributed by atoms with Gasteiger partial charge in [-0.25, -0.2) is 15.0 Å². The monoisotopic (exact) mass is 218 g/mol. The molecule has 0 fully saturated rings. The maximum atomic E-state index is 5.75. The number of nitrogens with two attached hydrogens (primary N) is 1. The van der Waals surface area contributed by atoms with Crippen LogP contribution in [0, 0.1) is 0 Å². The first-order chi connectivity index (χ1) is 7.68. The summed E-state index contributed by atoms with van der Waals surface area (Å²) in [7, 11) is 3.87. The fraction of sp³-hybridized carbons (Fsp3) is 0.300. The molecular formula is C10H14N6. The van der Waals surface area contributed by atoms with Crippen LogP contribution in [0.5, 0.6) is 0 Å². The average molecular weight is 218 g/mol. The van der Waals surface area contributed by atoms with Crippen LogP contribution in [-0.4, -0.2) is 26.6 Å². The normalized spacial score (nSPS) is 10.4. The van der Waals surface area contributed by atoms with E-state index in [1.165, 1.54) is 0 Å². The molecule has 6 nitrogen and oxygen atoms in total. The van der Waals surface area contributed by atoms with Gasteiger partial charge in [-0.05, 0) is 0 Å². The Balaban J connectivity index is 2.18. The largest absolute Gasteiger partial charge is 0.381 e. The highest BCUT2D eigenvalue weighted by molar-refractivity contribution is 5.56. The molecule has 84 valence electrons. The van der Waals surface area contributed by atoms with E-state index in [2.05, 4.69) is 15.0 Å². The van der Waals surface area contributed by atoms with Crippen LogP contribution in [0.1, 0.15) is 5.82 Å². The fourth-order valence-electron chi connectivity index (χ4n) is 1.47. The second-order valence-electron chi connectivity index (χ2n) is 3.58. The molecule has 2 heterocycles. The Morgan fingerprint density at radius 3 is 2.62 bits per heavy atom. The van der Waals surface area contributed by atoms with Crippen LogP contribution in [0.25, 0.3) is 0 Å². The molecule has 0 aliphatic rings. The molecule has 2 aromatic heterocycles. The van der Waals surface area contributed by atoms with Gasteiger partial charge in [0.25, 0.3) is 0 Å². The fourth-order valence-corrected chi connectivity index (χ4v) is 1.47. The molecule has 16 heavy (non-hydrogen) atoms. The number of aromatic nitrogens is 4. The van der Waals surface area contributed by atoms with E-state index < -0.39 is 0 Å². The number of nitrogen functional groups attached to an aromatic ring is 1. The molecule has 0 saturated heterocycles. The quantitative estimate of drug-likeness (QED) is 0.808. The van der Waals surface area contributed by atoms with E-state index >= 15 is 0 Å². The lowest BCUT2D eigenvalue weighted by molar-refractivity contribution is 0.755. The first kappa shape index (κ1) is 10.4. The van der Waals surface area contributed by atoms with E-state index in [4.69, 9.17) is 5.73 Å². The second-order valence-corrected chi connectivity index (χ2v) is 3.58. The number of hydrogen-bond acceptors (Lipinski definition) is 5. The van der Waals surface area contributed by atoms with Gasteiger partial charge in [-0.3, -0.25) is 0 Å². The number of aryl methyl sites for hydroxylation is 1. The van der Waals surface area contributed by atoms with Gasteiger partial charge >= 0.3 is 0 Å². The molecule has 0 unspecified atom stereocenters.